The van der Waals surface area contributed by atoms with Gasteiger partial charge in [0, 0.05) is 25.6 Å². The Hall–Kier alpha value is -2.82. The van der Waals surface area contributed by atoms with Gasteiger partial charge in [0.2, 0.25) is 0 Å². The standard InChI is InChI=1S/C20H23N3O2/c1-4-19-22-17-12-14(6-11-18(17)23(19)3)13-21-20(24)15-7-9-16(10-8-15)25-5-2/h6-12H,4-5,13H2,1-3H3,(H,21,24). The number of aromatic nitrogens is 2. The first-order valence-electron chi connectivity index (χ1n) is 8.57. The molecule has 3 aromatic rings. The number of hydrogen-bond donors (Lipinski definition) is 1. The quantitative estimate of drug-likeness (QED) is 0.749. The van der Waals surface area contributed by atoms with E-state index < -0.39 is 0 Å². The molecule has 0 aliphatic rings. The molecule has 0 aliphatic carbocycles. The molecule has 0 spiro atoms. The normalized spacial score (nSPS) is 10.8. The zero-order valence-corrected chi connectivity index (χ0v) is 14.9. The highest BCUT2D eigenvalue weighted by atomic mass is 16.5. The largest absolute Gasteiger partial charge is 0.494 e. The van der Waals surface area contributed by atoms with Crippen LogP contribution in [0.5, 0.6) is 5.75 Å². The van der Waals surface area contributed by atoms with E-state index >= 15 is 0 Å². The summed E-state index contributed by atoms with van der Waals surface area (Å²) in [5.41, 5.74) is 3.73. The lowest BCUT2D eigenvalue weighted by Gasteiger charge is -2.07. The maximum Gasteiger partial charge on any atom is 0.251 e. The highest BCUT2D eigenvalue weighted by molar-refractivity contribution is 5.94. The molecule has 1 amide bonds. The molecule has 0 radical (unpaired) electrons. The summed E-state index contributed by atoms with van der Waals surface area (Å²) >= 11 is 0. The van der Waals surface area contributed by atoms with Crippen LogP contribution in [-0.4, -0.2) is 22.1 Å². The molecule has 0 fully saturated rings. The first kappa shape index (κ1) is 17.0. The molecule has 0 saturated heterocycles. The molecular formula is C20H23N3O2. The minimum Gasteiger partial charge on any atom is -0.494 e. The van der Waals surface area contributed by atoms with Crippen LogP contribution < -0.4 is 10.1 Å². The Kier molecular flexibility index (Phi) is 5.03. The van der Waals surface area contributed by atoms with Crippen molar-refractivity contribution >= 4 is 16.9 Å². The van der Waals surface area contributed by atoms with Gasteiger partial charge in [-0.25, -0.2) is 4.98 Å². The molecule has 1 N–H and O–H groups in total. The van der Waals surface area contributed by atoms with Crippen molar-refractivity contribution < 1.29 is 9.53 Å². The number of fused-ring (bicyclic) bond motifs is 1. The van der Waals surface area contributed by atoms with Crippen molar-refractivity contribution in [1.82, 2.24) is 14.9 Å². The van der Waals surface area contributed by atoms with Crippen LogP contribution in [-0.2, 0) is 20.0 Å². The highest BCUT2D eigenvalue weighted by Gasteiger charge is 2.09. The summed E-state index contributed by atoms with van der Waals surface area (Å²) in [6.07, 6.45) is 0.898. The van der Waals surface area contributed by atoms with Crippen LogP contribution in [0.25, 0.3) is 11.0 Å². The van der Waals surface area contributed by atoms with Gasteiger partial charge in [-0.3, -0.25) is 4.79 Å². The molecular weight excluding hydrogens is 314 g/mol. The summed E-state index contributed by atoms with van der Waals surface area (Å²) in [5, 5.41) is 2.95. The predicted octanol–water partition coefficient (Wildman–Crippen LogP) is 3.46. The molecule has 0 unspecified atom stereocenters. The second-order valence-corrected chi connectivity index (χ2v) is 5.90. The van der Waals surface area contributed by atoms with Gasteiger partial charge >= 0.3 is 0 Å². The fraction of sp³-hybridized carbons (Fsp3) is 0.300. The number of amides is 1. The van der Waals surface area contributed by atoms with Gasteiger partial charge in [-0.1, -0.05) is 13.0 Å². The van der Waals surface area contributed by atoms with Crippen molar-refractivity contribution in [3.63, 3.8) is 0 Å². The molecule has 130 valence electrons. The highest BCUT2D eigenvalue weighted by Crippen LogP contribution is 2.17. The monoisotopic (exact) mass is 337 g/mol. The molecule has 1 heterocycles. The number of ether oxygens (including phenoxy) is 1. The van der Waals surface area contributed by atoms with Crippen LogP contribution in [0.2, 0.25) is 0 Å². The van der Waals surface area contributed by atoms with E-state index in [2.05, 4.69) is 27.9 Å². The first-order chi connectivity index (χ1) is 12.1. The average molecular weight is 337 g/mol. The minimum absolute atomic E-state index is 0.0987. The summed E-state index contributed by atoms with van der Waals surface area (Å²) in [7, 11) is 2.03. The van der Waals surface area contributed by atoms with Gasteiger partial charge in [0.25, 0.3) is 5.91 Å². The lowest BCUT2D eigenvalue weighted by molar-refractivity contribution is 0.0951. The van der Waals surface area contributed by atoms with Gasteiger partial charge in [-0.05, 0) is 48.9 Å². The minimum atomic E-state index is -0.0987. The molecule has 3 rings (SSSR count). The third-order valence-electron chi connectivity index (χ3n) is 4.23. The molecule has 0 saturated carbocycles. The van der Waals surface area contributed by atoms with E-state index in [0.29, 0.717) is 18.7 Å². The van der Waals surface area contributed by atoms with Crippen molar-refractivity contribution in [2.24, 2.45) is 7.05 Å². The van der Waals surface area contributed by atoms with E-state index in [1.54, 1.807) is 12.1 Å². The van der Waals surface area contributed by atoms with E-state index in [9.17, 15) is 4.79 Å². The molecule has 2 aromatic carbocycles. The number of carbonyl (C=O) groups is 1. The number of nitrogens with one attached hydrogen (secondary N) is 1. The molecule has 0 aliphatic heterocycles. The predicted molar refractivity (Wildman–Crippen MR) is 98.9 cm³/mol. The molecule has 1 aromatic heterocycles. The molecule has 5 nitrogen and oxygen atoms in total. The van der Waals surface area contributed by atoms with Crippen LogP contribution in [0.3, 0.4) is 0 Å². The van der Waals surface area contributed by atoms with E-state index in [1.807, 2.05) is 38.2 Å². The first-order valence-corrected chi connectivity index (χ1v) is 8.57. The third kappa shape index (κ3) is 3.65. The van der Waals surface area contributed by atoms with Gasteiger partial charge < -0.3 is 14.6 Å². The Balaban J connectivity index is 1.68. The van der Waals surface area contributed by atoms with Crippen LogP contribution in [0.4, 0.5) is 0 Å². The molecule has 0 bridgehead atoms. The van der Waals surface area contributed by atoms with Gasteiger partial charge in [-0.2, -0.15) is 0 Å². The summed E-state index contributed by atoms with van der Waals surface area (Å²) in [5.74, 6) is 1.73. The maximum absolute atomic E-state index is 12.3. The number of benzene rings is 2. The zero-order valence-electron chi connectivity index (χ0n) is 14.9. The zero-order chi connectivity index (χ0) is 17.8. The Bertz CT molecular complexity index is 882. The van der Waals surface area contributed by atoms with Gasteiger partial charge in [0.05, 0.1) is 17.6 Å². The van der Waals surface area contributed by atoms with Crippen molar-refractivity contribution in [3.05, 3.63) is 59.4 Å². The van der Waals surface area contributed by atoms with Gasteiger partial charge in [-0.15, -0.1) is 0 Å². The number of hydrogen-bond acceptors (Lipinski definition) is 3. The Morgan fingerprint density at radius 1 is 1.16 bits per heavy atom. The molecule has 0 atom stereocenters. The summed E-state index contributed by atoms with van der Waals surface area (Å²) in [4.78, 5) is 16.9. The molecule has 5 heteroatoms. The number of nitrogens with zero attached hydrogens (tertiary/aromatic N) is 2. The van der Waals surface area contributed by atoms with E-state index in [-0.39, 0.29) is 5.91 Å². The second-order valence-electron chi connectivity index (χ2n) is 5.90. The van der Waals surface area contributed by atoms with Crippen LogP contribution in [0.15, 0.2) is 42.5 Å². The number of imidazole rings is 1. The van der Waals surface area contributed by atoms with Crippen molar-refractivity contribution in [1.29, 1.82) is 0 Å². The van der Waals surface area contributed by atoms with Crippen molar-refractivity contribution in [2.45, 2.75) is 26.8 Å². The Morgan fingerprint density at radius 2 is 1.92 bits per heavy atom. The van der Waals surface area contributed by atoms with Crippen molar-refractivity contribution in [2.75, 3.05) is 6.61 Å². The topological polar surface area (TPSA) is 56.1 Å². The van der Waals surface area contributed by atoms with Crippen LogP contribution in [0, 0.1) is 0 Å². The third-order valence-corrected chi connectivity index (χ3v) is 4.23. The second kappa shape index (κ2) is 7.38. The summed E-state index contributed by atoms with van der Waals surface area (Å²) in [6, 6.07) is 13.3. The van der Waals surface area contributed by atoms with E-state index in [0.717, 1.165) is 34.6 Å². The maximum atomic E-state index is 12.3. The fourth-order valence-electron chi connectivity index (χ4n) is 2.88. The number of aryl methyl sites for hydroxylation is 2. The summed E-state index contributed by atoms with van der Waals surface area (Å²) in [6.45, 7) is 5.11. The van der Waals surface area contributed by atoms with Crippen LogP contribution >= 0.6 is 0 Å². The number of rotatable bonds is 6. The molecule has 25 heavy (non-hydrogen) atoms. The lowest BCUT2D eigenvalue weighted by Crippen LogP contribution is -2.22. The summed E-state index contributed by atoms with van der Waals surface area (Å²) < 4.78 is 7.50. The fourth-order valence-corrected chi connectivity index (χ4v) is 2.88. The van der Waals surface area contributed by atoms with Gasteiger partial charge in [0.15, 0.2) is 0 Å². The van der Waals surface area contributed by atoms with Crippen molar-refractivity contribution in [3.8, 4) is 5.75 Å². The van der Waals surface area contributed by atoms with E-state index in [4.69, 9.17) is 4.74 Å². The van der Waals surface area contributed by atoms with Gasteiger partial charge in [0.1, 0.15) is 11.6 Å². The Morgan fingerprint density at radius 3 is 2.60 bits per heavy atom. The SMILES string of the molecule is CCOc1ccc(C(=O)NCc2ccc3c(c2)nc(CC)n3C)cc1. The average Bonchev–Trinajstić information content (AvgIpc) is 2.96. The lowest BCUT2D eigenvalue weighted by atomic mass is 10.1. The smallest absolute Gasteiger partial charge is 0.251 e. The number of carbonyl (C=O) groups excluding carboxylic acids is 1. The van der Waals surface area contributed by atoms with Crippen LogP contribution in [0.1, 0.15) is 35.6 Å². The Labute approximate surface area is 147 Å². The van der Waals surface area contributed by atoms with E-state index in [1.165, 1.54) is 0 Å².